The van der Waals surface area contributed by atoms with E-state index in [4.69, 9.17) is 5.26 Å². The molecule has 1 saturated carbocycles. The molecule has 15 heavy (non-hydrogen) atoms. The van der Waals surface area contributed by atoms with Gasteiger partial charge in [-0.1, -0.05) is 12.1 Å². The fourth-order valence-electron chi connectivity index (χ4n) is 1.65. The van der Waals surface area contributed by atoms with Crippen molar-refractivity contribution in [3.05, 3.63) is 39.7 Å². The third-order valence-electron chi connectivity index (χ3n) is 2.65. The van der Waals surface area contributed by atoms with Crippen molar-refractivity contribution in [1.29, 1.82) is 5.26 Å². The average molecular weight is 206 g/mol. The number of para-hydroxylation sites is 1. The molecule has 0 atom stereocenters. The molecule has 5 heteroatoms. The molecule has 1 aliphatic rings. The summed E-state index contributed by atoms with van der Waals surface area (Å²) in [5.74, 6) is -0.876. The summed E-state index contributed by atoms with van der Waals surface area (Å²) in [5, 5.41) is 19.6. The van der Waals surface area contributed by atoms with Crippen molar-refractivity contribution in [3.63, 3.8) is 0 Å². The van der Waals surface area contributed by atoms with Gasteiger partial charge in [-0.25, -0.2) is 0 Å². The van der Waals surface area contributed by atoms with E-state index < -0.39 is 21.8 Å². The van der Waals surface area contributed by atoms with Crippen molar-refractivity contribution in [3.8, 4) is 6.07 Å². The van der Waals surface area contributed by atoms with Crippen LogP contribution in [0.15, 0.2) is 18.2 Å². The molecule has 76 valence electrons. The van der Waals surface area contributed by atoms with Gasteiger partial charge in [0.2, 0.25) is 5.82 Å². The zero-order chi connectivity index (χ0) is 11.1. The van der Waals surface area contributed by atoms with E-state index >= 15 is 0 Å². The lowest BCUT2D eigenvalue weighted by Crippen LogP contribution is -2.08. The monoisotopic (exact) mass is 206 g/mol. The fraction of sp³-hybridized carbons (Fsp3) is 0.300. The van der Waals surface area contributed by atoms with Gasteiger partial charge in [-0.05, 0) is 18.9 Å². The van der Waals surface area contributed by atoms with Gasteiger partial charge in [-0.3, -0.25) is 10.1 Å². The molecule has 0 aromatic heterocycles. The van der Waals surface area contributed by atoms with Gasteiger partial charge in [0.25, 0.3) is 0 Å². The number of hydrogen-bond acceptors (Lipinski definition) is 3. The van der Waals surface area contributed by atoms with E-state index in [2.05, 4.69) is 0 Å². The van der Waals surface area contributed by atoms with E-state index in [1.54, 1.807) is 0 Å². The topological polar surface area (TPSA) is 66.9 Å². The molecule has 0 bridgehead atoms. The second-order valence-electron chi connectivity index (χ2n) is 3.59. The molecule has 1 fully saturated rings. The summed E-state index contributed by atoms with van der Waals surface area (Å²) in [6.45, 7) is 0. The molecule has 0 unspecified atom stereocenters. The normalized spacial score (nSPS) is 16.8. The molecule has 1 aliphatic carbocycles. The first kappa shape index (κ1) is 9.59. The SMILES string of the molecule is N#CC1(c2cccc(F)c2[N+](=O)[O-])CC1. The largest absolute Gasteiger partial charge is 0.309 e. The average Bonchev–Trinajstić information content (AvgIpc) is 2.97. The molecule has 0 amide bonds. The predicted octanol–water partition coefficient (Wildman–Crippen LogP) is 2.29. The first-order valence-corrected chi connectivity index (χ1v) is 4.45. The standard InChI is InChI=1S/C10H7FN2O2/c11-8-3-1-2-7(9(8)13(14)15)10(6-12)4-5-10/h1-3H,4-5H2. The van der Waals surface area contributed by atoms with Crippen LogP contribution in [0, 0.1) is 27.3 Å². The fourth-order valence-corrected chi connectivity index (χ4v) is 1.65. The van der Waals surface area contributed by atoms with Crippen LogP contribution in [-0.4, -0.2) is 4.92 Å². The van der Waals surface area contributed by atoms with Crippen molar-refractivity contribution in [2.45, 2.75) is 18.3 Å². The van der Waals surface area contributed by atoms with Crippen molar-refractivity contribution in [1.82, 2.24) is 0 Å². The molecule has 1 aromatic rings. The van der Waals surface area contributed by atoms with E-state index in [0.29, 0.717) is 12.8 Å². The zero-order valence-electron chi connectivity index (χ0n) is 7.74. The summed E-state index contributed by atoms with van der Waals surface area (Å²) < 4.78 is 13.2. The number of hydrogen-bond donors (Lipinski definition) is 0. The Balaban J connectivity index is 2.63. The molecule has 0 N–H and O–H groups in total. The highest BCUT2D eigenvalue weighted by molar-refractivity contribution is 5.52. The van der Waals surface area contributed by atoms with Gasteiger partial charge in [-0.15, -0.1) is 0 Å². The highest BCUT2D eigenvalue weighted by Crippen LogP contribution is 2.50. The lowest BCUT2D eigenvalue weighted by Gasteiger charge is -2.06. The van der Waals surface area contributed by atoms with Crippen LogP contribution in [0.2, 0.25) is 0 Å². The number of rotatable bonds is 2. The van der Waals surface area contributed by atoms with Crippen molar-refractivity contribution < 1.29 is 9.31 Å². The number of nitro benzene ring substituents is 1. The molecular weight excluding hydrogens is 199 g/mol. The zero-order valence-corrected chi connectivity index (χ0v) is 7.74. The van der Waals surface area contributed by atoms with Gasteiger partial charge in [0, 0.05) is 0 Å². The van der Waals surface area contributed by atoms with Crippen LogP contribution in [0.25, 0.3) is 0 Å². The summed E-state index contributed by atoms with van der Waals surface area (Å²) in [7, 11) is 0. The van der Waals surface area contributed by atoms with E-state index in [-0.39, 0.29) is 5.56 Å². The lowest BCUT2D eigenvalue weighted by molar-refractivity contribution is -0.388. The minimum atomic E-state index is -0.876. The summed E-state index contributed by atoms with van der Waals surface area (Å²) in [4.78, 5) is 9.93. The minimum Gasteiger partial charge on any atom is -0.258 e. The third kappa shape index (κ3) is 1.34. The smallest absolute Gasteiger partial charge is 0.258 e. The van der Waals surface area contributed by atoms with E-state index in [1.165, 1.54) is 12.1 Å². The van der Waals surface area contributed by atoms with Gasteiger partial charge >= 0.3 is 5.69 Å². The van der Waals surface area contributed by atoms with Crippen LogP contribution < -0.4 is 0 Å². The van der Waals surface area contributed by atoms with Gasteiger partial charge < -0.3 is 0 Å². The molecule has 0 aliphatic heterocycles. The van der Waals surface area contributed by atoms with Crippen LogP contribution in [0.3, 0.4) is 0 Å². The maximum Gasteiger partial charge on any atom is 0.309 e. The Kier molecular flexibility index (Phi) is 1.93. The van der Waals surface area contributed by atoms with Crippen LogP contribution in [0.4, 0.5) is 10.1 Å². The molecule has 2 rings (SSSR count). The predicted molar refractivity (Wildman–Crippen MR) is 49.6 cm³/mol. The Hall–Kier alpha value is -1.96. The lowest BCUT2D eigenvalue weighted by atomic mass is 9.96. The molecule has 1 aromatic carbocycles. The maximum atomic E-state index is 13.2. The summed E-state index contributed by atoms with van der Waals surface area (Å²) in [5.41, 5.74) is -1.18. The van der Waals surface area contributed by atoms with E-state index in [9.17, 15) is 14.5 Å². The second-order valence-corrected chi connectivity index (χ2v) is 3.59. The van der Waals surface area contributed by atoms with Crippen molar-refractivity contribution in [2.75, 3.05) is 0 Å². The Morgan fingerprint density at radius 1 is 1.53 bits per heavy atom. The van der Waals surface area contributed by atoms with Gasteiger partial charge in [-0.2, -0.15) is 9.65 Å². The highest BCUT2D eigenvalue weighted by Gasteiger charge is 2.49. The van der Waals surface area contributed by atoms with E-state index in [1.807, 2.05) is 6.07 Å². The molecule has 0 spiro atoms. The Morgan fingerprint density at radius 2 is 2.20 bits per heavy atom. The molecule has 0 radical (unpaired) electrons. The quantitative estimate of drug-likeness (QED) is 0.550. The Bertz CT molecular complexity index is 475. The molecule has 4 nitrogen and oxygen atoms in total. The van der Waals surface area contributed by atoms with Crippen molar-refractivity contribution >= 4 is 5.69 Å². The molecular formula is C10H7FN2O2. The number of benzene rings is 1. The van der Waals surface area contributed by atoms with E-state index in [0.717, 1.165) is 6.07 Å². The summed E-state index contributed by atoms with van der Waals surface area (Å²) >= 11 is 0. The summed E-state index contributed by atoms with van der Waals surface area (Å²) in [6.07, 6.45) is 1.13. The number of nitriles is 1. The molecule has 0 saturated heterocycles. The minimum absolute atomic E-state index is 0.204. The first-order valence-electron chi connectivity index (χ1n) is 4.45. The van der Waals surface area contributed by atoms with Crippen LogP contribution in [0.1, 0.15) is 18.4 Å². The van der Waals surface area contributed by atoms with Crippen molar-refractivity contribution in [2.24, 2.45) is 0 Å². The molecule has 0 heterocycles. The maximum absolute atomic E-state index is 13.2. The second kappa shape index (κ2) is 3.02. The first-order chi connectivity index (χ1) is 7.10. The highest BCUT2D eigenvalue weighted by atomic mass is 19.1. The van der Waals surface area contributed by atoms with Gasteiger partial charge in [0.1, 0.15) is 0 Å². The number of nitrogens with zero attached hydrogens (tertiary/aromatic N) is 2. The number of halogens is 1. The Labute approximate surface area is 85.1 Å². The van der Waals surface area contributed by atoms with Crippen LogP contribution >= 0.6 is 0 Å². The van der Waals surface area contributed by atoms with Crippen LogP contribution in [0.5, 0.6) is 0 Å². The summed E-state index contributed by atoms with van der Waals surface area (Å²) in [6, 6.07) is 5.91. The van der Waals surface area contributed by atoms with Crippen LogP contribution in [-0.2, 0) is 5.41 Å². The Morgan fingerprint density at radius 3 is 2.67 bits per heavy atom. The van der Waals surface area contributed by atoms with Gasteiger partial charge in [0.05, 0.1) is 22.0 Å². The number of nitro groups is 1. The van der Waals surface area contributed by atoms with Gasteiger partial charge in [0.15, 0.2) is 0 Å². The third-order valence-corrected chi connectivity index (χ3v) is 2.65.